The molecular weight excluding hydrogens is 320 g/mol. The van der Waals surface area contributed by atoms with Crippen LogP contribution in [0.4, 0.5) is 5.69 Å². The summed E-state index contributed by atoms with van der Waals surface area (Å²) in [5.41, 5.74) is 0.947. The monoisotopic (exact) mass is 340 g/mol. The van der Waals surface area contributed by atoms with E-state index in [9.17, 15) is 4.79 Å². The zero-order chi connectivity index (χ0) is 14.1. The number of rotatable bonds is 4. The Bertz CT molecular complexity index is 532. The summed E-state index contributed by atoms with van der Waals surface area (Å²) in [4.78, 5) is 14.6. The highest BCUT2D eigenvalue weighted by Gasteiger charge is 2.37. The SMILES string of the molecule is CCCCn1ncc(N2C[C@H]3CNC[C@H]3C2)c(Br)c1=O. The second kappa shape index (κ2) is 5.85. The molecule has 3 heterocycles. The molecule has 0 aromatic carbocycles. The molecule has 1 aromatic rings. The van der Waals surface area contributed by atoms with Gasteiger partial charge in [-0.1, -0.05) is 13.3 Å². The van der Waals surface area contributed by atoms with Crippen molar-refractivity contribution in [1.29, 1.82) is 0 Å². The van der Waals surface area contributed by atoms with Crippen molar-refractivity contribution in [2.45, 2.75) is 26.3 Å². The zero-order valence-electron chi connectivity index (χ0n) is 11.8. The van der Waals surface area contributed by atoms with E-state index in [4.69, 9.17) is 0 Å². The molecule has 0 radical (unpaired) electrons. The Morgan fingerprint density at radius 1 is 1.40 bits per heavy atom. The van der Waals surface area contributed by atoms with Crippen molar-refractivity contribution in [3.63, 3.8) is 0 Å². The normalized spacial score (nSPS) is 25.2. The smallest absolute Gasteiger partial charge is 0.283 e. The molecule has 1 aromatic heterocycles. The lowest BCUT2D eigenvalue weighted by molar-refractivity contribution is 0.533. The van der Waals surface area contributed by atoms with E-state index in [0.717, 1.165) is 44.7 Å². The van der Waals surface area contributed by atoms with E-state index in [1.54, 1.807) is 4.68 Å². The predicted octanol–water partition coefficient (Wildman–Crippen LogP) is 1.46. The molecule has 0 spiro atoms. The first-order valence-electron chi connectivity index (χ1n) is 7.42. The first kappa shape index (κ1) is 14.1. The van der Waals surface area contributed by atoms with Crippen LogP contribution in [0.3, 0.4) is 0 Å². The third-order valence-corrected chi connectivity index (χ3v) is 5.17. The van der Waals surface area contributed by atoms with E-state index in [1.165, 1.54) is 0 Å². The van der Waals surface area contributed by atoms with Crippen molar-refractivity contribution < 1.29 is 0 Å². The number of aryl methyl sites for hydroxylation is 1. The second-order valence-electron chi connectivity index (χ2n) is 5.81. The Morgan fingerprint density at radius 2 is 2.10 bits per heavy atom. The van der Waals surface area contributed by atoms with Crippen molar-refractivity contribution in [3.8, 4) is 0 Å². The minimum Gasteiger partial charge on any atom is -0.368 e. The predicted molar refractivity (Wildman–Crippen MR) is 83.2 cm³/mol. The van der Waals surface area contributed by atoms with Crippen molar-refractivity contribution >= 4 is 21.6 Å². The Hall–Kier alpha value is -0.880. The molecule has 2 atom stereocenters. The fourth-order valence-corrected chi connectivity index (χ4v) is 3.75. The Labute approximate surface area is 127 Å². The molecule has 2 aliphatic heterocycles. The van der Waals surface area contributed by atoms with E-state index in [0.29, 0.717) is 22.9 Å². The van der Waals surface area contributed by atoms with Crippen molar-refractivity contribution in [3.05, 3.63) is 21.0 Å². The van der Waals surface area contributed by atoms with Crippen LogP contribution in [0.2, 0.25) is 0 Å². The van der Waals surface area contributed by atoms with E-state index in [1.807, 2.05) is 6.20 Å². The molecule has 1 N–H and O–H groups in total. The van der Waals surface area contributed by atoms with Gasteiger partial charge >= 0.3 is 0 Å². The van der Waals surface area contributed by atoms with Gasteiger partial charge in [0, 0.05) is 32.7 Å². The summed E-state index contributed by atoms with van der Waals surface area (Å²) < 4.78 is 2.23. The lowest BCUT2D eigenvalue weighted by atomic mass is 10.0. The molecule has 6 heteroatoms. The molecule has 0 amide bonds. The van der Waals surface area contributed by atoms with Crippen LogP contribution < -0.4 is 15.8 Å². The highest BCUT2D eigenvalue weighted by Crippen LogP contribution is 2.32. The van der Waals surface area contributed by atoms with Crippen LogP contribution in [0.25, 0.3) is 0 Å². The molecule has 110 valence electrons. The molecule has 0 saturated carbocycles. The van der Waals surface area contributed by atoms with Crippen LogP contribution in [0.1, 0.15) is 19.8 Å². The fourth-order valence-electron chi connectivity index (χ4n) is 3.20. The van der Waals surface area contributed by atoms with Crippen molar-refractivity contribution in [2.24, 2.45) is 11.8 Å². The minimum atomic E-state index is -0.00821. The number of halogens is 1. The van der Waals surface area contributed by atoms with Gasteiger partial charge in [0.25, 0.3) is 5.56 Å². The number of anilines is 1. The summed E-state index contributed by atoms with van der Waals surface area (Å²) in [5, 5.41) is 7.77. The lowest BCUT2D eigenvalue weighted by Gasteiger charge is -2.21. The van der Waals surface area contributed by atoms with E-state index in [2.05, 4.69) is 38.2 Å². The maximum Gasteiger partial charge on any atom is 0.283 e. The van der Waals surface area contributed by atoms with Gasteiger partial charge in [-0.2, -0.15) is 5.10 Å². The van der Waals surface area contributed by atoms with Gasteiger partial charge in [0.15, 0.2) is 0 Å². The highest BCUT2D eigenvalue weighted by atomic mass is 79.9. The number of unbranched alkanes of at least 4 members (excludes halogenated alkanes) is 1. The van der Waals surface area contributed by atoms with Gasteiger partial charge < -0.3 is 10.2 Å². The number of hydrogen-bond donors (Lipinski definition) is 1. The zero-order valence-corrected chi connectivity index (χ0v) is 13.4. The molecule has 0 unspecified atom stereocenters. The van der Waals surface area contributed by atoms with Gasteiger partial charge in [-0.3, -0.25) is 4.79 Å². The molecule has 0 aliphatic carbocycles. The Balaban J connectivity index is 1.81. The number of fused-ring (bicyclic) bond motifs is 1. The van der Waals surface area contributed by atoms with Gasteiger partial charge in [0.2, 0.25) is 0 Å². The van der Waals surface area contributed by atoms with Crippen molar-refractivity contribution in [2.75, 3.05) is 31.1 Å². The van der Waals surface area contributed by atoms with E-state index >= 15 is 0 Å². The molecular formula is C14H21BrN4O. The summed E-state index contributed by atoms with van der Waals surface area (Å²) in [6.45, 7) is 7.06. The summed E-state index contributed by atoms with van der Waals surface area (Å²) in [7, 11) is 0. The maximum atomic E-state index is 12.3. The van der Waals surface area contributed by atoms with Gasteiger partial charge in [-0.15, -0.1) is 0 Å². The molecule has 5 nitrogen and oxygen atoms in total. The first-order valence-corrected chi connectivity index (χ1v) is 8.21. The van der Waals surface area contributed by atoms with E-state index < -0.39 is 0 Å². The van der Waals surface area contributed by atoms with Crippen molar-refractivity contribution in [1.82, 2.24) is 15.1 Å². The highest BCUT2D eigenvalue weighted by molar-refractivity contribution is 9.10. The molecule has 0 bridgehead atoms. The summed E-state index contributed by atoms with van der Waals surface area (Å²) >= 11 is 3.48. The number of hydrogen-bond acceptors (Lipinski definition) is 4. The van der Waals surface area contributed by atoms with Crippen LogP contribution in [0.5, 0.6) is 0 Å². The largest absolute Gasteiger partial charge is 0.368 e. The molecule has 2 aliphatic rings. The molecule has 2 fully saturated rings. The standard InChI is InChI=1S/C14H21BrN4O/c1-2-3-4-19-14(20)13(15)12(7-17-19)18-8-10-5-16-6-11(10)9-18/h7,10-11,16H,2-6,8-9H2,1H3/t10-,11+. The van der Waals surface area contributed by atoms with Crippen LogP contribution in [-0.4, -0.2) is 36.0 Å². The van der Waals surface area contributed by atoms with Gasteiger partial charge in [-0.05, 0) is 34.2 Å². The van der Waals surface area contributed by atoms with Crippen LogP contribution >= 0.6 is 15.9 Å². The maximum absolute atomic E-state index is 12.3. The van der Waals surface area contributed by atoms with Gasteiger partial charge in [0.05, 0.1) is 11.9 Å². The minimum absolute atomic E-state index is 0.00821. The third kappa shape index (κ3) is 2.51. The van der Waals surface area contributed by atoms with Crippen LogP contribution in [-0.2, 0) is 6.54 Å². The summed E-state index contributed by atoms with van der Waals surface area (Å²) in [6, 6.07) is 0. The Kier molecular flexibility index (Phi) is 4.12. The first-order chi connectivity index (χ1) is 9.70. The van der Waals surface area contributed by atoms with Gasteiger partial charge in [-0.25, -0.2) is 4.68 Å². The fraction of sp³-hybridized carbons (Fsp3) is 0.714. The van der Waals surface area contributed by atoms with Crippen LogP contribution in [0, 0.1) is 11.8 Å². The number of nitrogens with zero attached hydrogens (tertiary/aromatic N) is 3. The summed E-state index contributed by atoms with van der Waals surface area (Å²) in [6.07, 6.45) is 3.89. The Morgan fingerprint density at radius 3 is 2.75 bits per heavy atom. The third-order valence-electron chi connectivity index (χ3n) is 4.42. The lowest BCUT2D eigenvalue weighted by Crippen LogP contribution is -2.30. The van der Waals surface area contributed by atoms with E-state index in [-0.39, 0.29) is 5.56 Å². The molecule has 2 saturated heterocycles. The molecule has 20 heavy (non-hydrogen) atoms. The average Bonchev–Trinajstić information content (AvgIpc) is 3.01. The number of nitrogens with one attached hydrogen (secondary N) is 1. The molecule has 3 rings (SSSR count). The summed E-state index contributed by atoms with van der Waals surface area (Å²) in [5.74, 6) is 1.42. The second-order valence-corrected chi connectivity index (χ2v) is 6.60. The van der Waals surface area contributed by atoms with Gasteiger partial charge in [0.1, 0.15) is 4.47 Å². The average molecular weight is 341 g/mol. The topological polar surface area (TPSA) is 50.2 Å². The number of aromatic nitrogens is 2. The van der Waals surface area contributed by atoms with Crippen LogP contribution in [0.15, 0.2) is 15.5 Å². The quantitative estimate of drug-likeness (QED) is 0.901.